The first-order chi connectivity index (χ1) is 10.3. The van der Waals surface area contributed by atoms with Crippen molar-refractivity contribution in [3.05, 3.63) is 11.8 Å². The van der Waals surface area contributed by atoms with Gasteiger partial charge in [-0.1, -0.05) is 6.42 Å². The number of hydrogen-bond acceptors (Lipinski definition) is 5. The first kappa shape index (κ1) is 14.6. The van der Waals surface area contributed by atoms with Gasteiger partial charge in [0.05, 0.1) is 0 Å². The third-order valence-electron chi connectivity index (χ3n) is 4.65. The summed E-state index contributed by atoms with van der Waals surface area (Å²) < 4.78 is 0. The van der Waals surface area contributed by atoms with Crippen LogP contribution in [0.2, 0.25) is 0 Å². The largest absolute Gasteiger partial charge is 0.355 e. The predicted molar refractivity (Wildman–Crippen MR) is 87.0 cm³/mol. The van der Waals surface area contributed by atoms with Crippen LogP contribution in [0.5, 0.6) is 0 Å². The lowest BCUT2D eigenvalue weighted by Gasteiger charge is -2.32. The summed E-state index contributed by atoms with van der Waals surface area (Å²) in [6, 6.07) is 0.710. The second kappa shape index (κ2) is 6.60. The Morgan fingerprint density at radius 3 is 2.81 bits per heavy atom. The Balaban J connectivity index is 1.68. The van der Waals surface area contributed by atoms with Gasteiger partial charge in [-0.3, -0.25) is 4.90 Å². The highest BCUT2D eigenvalue weighted by atomic mass is 15.3. The Labute approximate surface area is 127 Å². The summed E-state index contributed by atoms with van der Waals surface area (Å²) in [6.45, 7) is 9.84. The van der Waals surface area contributed by atoms with E-state index in [0.717, 1.165) is 31.4 Å². The van der Waals surface area contributed by atoms with Crippen molar-refractivity contribution in [2.45, 2.75) is 45.6 Å². The van der Waals surface area contributed by atoms with Gasteiger partial charge < -0.3 is 10.2 Å². The van der Waals surface area contributed by atoms with E-state index in [0.29, 0.717) is 6.04 Å². The van der Waals surface area contributed by atoms with Crippen LogP contribution in [-0.4, -0.2) is 53.6 Å². The van der Waals surface area contributed by atoms with Crippen LogP contribution in [0.4, 0.5) is 11.8 Å². The van der Waals surface area contributed by atoms with E-state index in [1.165, 1.54) is 44.3 Å². The van der Waals surface area contributed by atoms with E-state index in [2.05, 4.69) is 33.9 Å². The molecular formula is C16H27N5. The summed E-state index contributed by atoms with van der Waals surface area (Å²) in [5, 5.41) is 3.21. The number of aromatic nitrogens is 2. The van der Waals surface area contributed by atoms with E-state index in [-0.39, 0.29) is 0 Å². The SMILES string of the molecule is CCNc1ncc(C)c(N2CCC(N3CCCCC3)C2)n1. The van der Waals surface area contributed by atoms with Gasteiger partial charge in [-0.2, -0.15) is 4.98 Å². The zero-order chi connectivity index (χ0) is 14.7. The Morgan fingerprint density at radius 1 is 1.24 bits per heavy atom. The van der Waals surface area contributed by atoms with E-state index >= 15 is 0 Å². The second-order valence-electron chi connectivity index (χ2n) is 6.22. The molecule has 0 saturated carbocycles. The molecular weight excluding hydrogens is 262 g/mol. The maximum absolute atomic E-state index is 4.71. The Hall–Kier alpha value is -1.36. The number of aryl methyl sites for hydroxylation is 1. The molecule has 0 bridgehead atoms. The molecule has 21 heavy (non-hydrogen) atoms. The number of nitrogens with zero attached hydrogens (tertiary/aromatic N) is 4. The highest BCUT2D eigenvalue weighted by Crippen LogP contribution is 2.26. The van der Waals surface area contributed by atoms with Crippen LogP contribution in [0.25, 0.3) is 0 Å². The van der Waals surface area contributed by atoms with Crippen molar-refractivity contribution < 1.29 is 0 Å². The predicted octanol–water partition coefficient (Wildman–Crippen LogP) is 2.28. The zero-order valence-electron chi connectivity index (χ0n) is 13.3. The summed E-state index contributed by atoms with van der Waals surface area (Å²) in [5.74, 6) is 1.86. The van der Waals surface area contributed by atoms with Crippen LogP contribution in [0.3, 0.4) is 0 Å². The lowest BCUT2D eigenvalue weighted by Crippen LogP contribution is -2.41. The summed E-state index contributed by atoms with van der Waals surface area (Å²) in [7, 11) is 0. The molecule has 0 amide bonds. The zero-order valence-corrected chi connectivity index (χ0v) is 13.3. The van der Waals surface area contributed by atoms with Crippen molar-refractivity contribution in [2.75, 3.05) is 42.9 Å². The molecule has 3 heterocycles. The Bertz CT molecular complexity index is 470. The van der Waals surface area contributed by atoms with Gasteiger partial charge in [-0.25, -0.2) is 4.98 Å². The van der Waals surface area contributed by atoms with Crippen molar-refractivity contribution in [3.8, 4) is 0 Å². The van der Waals surface area contributed by atoms with Crippen molar-refractivity contribution in [1.82, 2.24) is 14.9 Å². The molecule has 1 aromatic rings. The topological polar surface area (TPSA) is 44.3 Å². The number of rotatable bonds is 4. The van der Waals surface area contributed by atoms with E-state index in [9.17, 15) is 0 Å². The van der Waals surface area contributed by atoms with Gasteiger partial charge in [-0.05, 0) is 46.2 Å². The maximum Gasteiger partial charge on any atom is 0.224 e. The fourth-order valence-electron chi connectivity index (χ4n) is 3.51. The molecule has 1 atom stereocenters. The lowest BCUT2D eigenvalue weighted by molar-refractivity contribution is 0.175. The number of anilines is 2. The fourth-order valence-corrected chi connectivity index (χ4v) is 3.51. The summed E-state index contributed by atoms with van der Waals surface area (Å²) in [4.78, 5) is 14.2. The Morgan fingerprint density at radius 2 is 2.05 bits per heavy atom. The molecule has 2 fully saturated rings. The standard InChI is InChI=1S/C16H27N5/c1-3-17-16-18-11-13(2)15(19-16)21-10-7-14(12-21)20-8-5-4-6-9-20/h11,14H,3-10,12H2,1-2H3,(H,17,18,19). The van der Waals surface area contributed by atoms with Crippen LogP contribution < -0.4 is 10.2 Å². The molecule has 2 aliphatic rings. The Kier molecular flexibility index (Phi) is 4.58. The molecule has 2 saturated heterocycles. The maximum atomic E-state index is 4.71. The average molecular weight is 289 g/mol. The summed E-state index contributed by atoms with van der Waals surface area (Å²) in [6.07, 6.45) is 7.35. The average Bonchev–Trinajstić information content (AvgIpc) is 3.00. The van der Waals surface area contributed by atoms with Gasteiger partial charge in [-0.15, -0.1) is 0 Å². The number of nitrogens with one attached hydrogen (secondary N) is 1. The molecule has 0 spiro atoms. The first-order valence-electron chi connectivity index (χ1n) is 8.34. The van der Waals surface area contributed by atoms with Crippen molar-refractivity contribution in [1.29, 1.82) is 0 Å². The molecule has 0 aliphatic carbocycles. The van der Waals surface area contributed by atoms with Crippen LogP contribution >= 0.6 is 0 Å². The van der Waals surface area contributed by atoms with Gasteiger partial charge in [0.25, 0.3) is 0 Å². The summed E-state index contributed by atoms with van der Waals surface area (Å²) >= 11 is 0. The summed E-state index contributed by atoms with van der Waals surface area (Å²) in [5.41, 5.74) is 1.18. The number of likely N-dealkylation sites (tertiary alicyclic amines) is 1. The minimum atomic E-state index is 0.710. The van der Waals surface area contributed by atoms with Gasteiger partial charge in [0.1, 0.15) is 5.82 Å². The fraction of sp³-hybridized carbons (Fsp3) is 0.750. The highest BCUT2D eigenvalue weighted by Gasteiger charge is 2.29. The molecule has 1 aromatic heterocycles. The van der Waals surface area contributed by atoms with Crippen LogP contribution in [-0.2, 0) is 0 Å². The molecule has 0 aromatic carbocycles. The molecule has 2 aliphatic heterocycles. The normalized spacial score (nSPS) is 23.5. The molecule has 1 unspecified atom stereocenters. The van der Waals surface area contributed by atoms with Crippen LogP contribution in [0.1, 0.15) is 38.2 Å². The van der Waals surface area contributed by atoms with Gasteiger partial charge in [0.2, 0.25) is 5.95 Å². The first-order valence-corrected chi connectivity index (χ1v) is 8.34. The van der Waals surface area contributed by atoms with Gasteiger partial charge in [0.15, 0.2) is 0 Å². The monoisotopic (exact) mass is 289 g/mol. The second-order valence-corrected chi connectivity index (χ2v) is 6.22. The number of hydrogen-bond donors (Lipinski definition) is 1. The quantitative estimate of drug-likeness (QED) is 0.921. The molecule has 0 radical (unpaired) electrons. The molecule has 3 rings (SSSR count). The van der Waals surface area contributed by atoms with Crippen LogP contribution in [0.15, 0.2) is 6.20 Å². The minimum Gasteiger partial charge on any atom is -0.355 e. The molecule has 5 heteroatoms. The smallest absolute Gasteiger partial charge is 0.224 e. The van der Waals surface area contributed by atoms with Crippen molar-refractivity contribution in [3.63, 3.8) is 0 Å². The van der Waals surface area contributed by atoms with Gasteiger partial charge in [0, 0.05) is 37.4 Å². The minimum absolute atomic E-state index is 0.710. The van der Waals surface area contributed by atoms with Crippen LogP contribution in [0, 0.1) is 6.92 Å². The van der Waals surface area contributed by atoms with Crippen molar-refractivity contribution in [2.24, 2.45) is 0 Å². The van der Waals surface area contributed by atoms with E-state index in [1.807, 2.05) is 6.20 Å². The van der Waals surface area contributed by atoms with Crippen molar-refractivity contribution >= 4 is 11.8 Å². The highest BCUT2D eigenvalue weighted by molar-refractivity contribution is 5.50. The lowest BCUT2D eigenvalue weighted by atomic mass is 10.1. The third-order valence-corrected chi connectivity index (χ3v) is 4.65. The van der Waals surface area contributed by atoms with E-state index in [4.69, 9.17) is 4.98 Å². The molecule has 1 N–H and O–H groups in total. The van der Waals surface area contributed by atoms with E-state index in [1.54, 1.807) is 0 Å². The molecule has 116 valence electrons. The van der Waals surface area contributed by atoms with Gasteiger partial charge >= 0.3 is 0 Å². The number of piperidine rings is 1. The van der Waals surface area contributed by atoms with E-state index < -0.39 is 0 Å². The third kappa shape index (κ3) is 3.28. The molecule has 5 nitrogen and oxygen atoms in total.